The maximum atomic E-state index is 12.4. The molecule has 0 radical (unpaired) electrons. The van der Waals surface area contributed by atoms with Crippen molar-refractivity contribution < 1.29 is 13.2 Å². The second-order valence-corrected chi connectivity index (χ2v) is 7.72. The van der Waals surface area contributed by atoms with Crippen molar-refractivity contribution in [2.75, 3.05) is 18.4 Å². The Morgan fingerprint density at radius 2 is 1.81 bits per heavy atom. The van der Waals surface area contributed by atoms with E-state index in [1.807, 2.05) is 0 Å². The molecule has 1 heterocycles. The van der Waals surface area contributed by atoms with E-state index in [-0.39, 0.29) is 10.8 Å². The Morgan fingerprint density at radius 3 is 2.35 bits per heavy atom. The number of nitrogens with zero attached hydrogens (tertiary/aromatic N) is 2. The number of amides is 1. The van der Waals surface area contributed by atoms with Gasteiger partial charge in [-0.25, -0.2) is 13.4 Å². The quantitative estimate of drug-likeness (QED) is 0.731. The van der Waals surface area contributed by atoms with Crippen LogP contribution in [0.5, 0.6) is 0 Å². The number of pyridine rings is 1. The Balaban J connectivity index is 2.05. The molecule has 0 aliphatic rings. The minimum atomic E-state index is -3.48. The third kappa shape index (κ3) is 5.14. The summed E-state index contributed by atoms with van der Waals surface area (Å²) in [6, 6.07) is 9.60. The van der Waals surface area contributed by atoms with Crippen LogP contribution in [0.4, 0.5) is 5.82 Å². The molecule has 0 bridgehead atoms. The third-order valence-corrected chi connectivity index (χ3v) is 5.92. The number of halogens is 1. The standard InChI is InChI=1S/C18H20ClN3O3S/c1-3-22(4-2)26(24,25)16-9-5-14(6-10-16)7-12-18(23)21-17-11-8-15(19)13-20-17/h5-13H,3-4H2,1-2H3,(H,20,21,23)/b12-7+. The SMILES string of the molecule is CCN(CC)S(=O)(=O)c1ccc(/C=C/C(=O)Nc2ccc(Cl)cn2)cc1. The van der Waals surface area contributed by atoms with Gasteiger partial charge in [0, 0.05) is 25.4 Å². The van der Waals surface area contributed by atoms with Gasteiger partial charge in [-0.3, -0.25) is 4.79 Å². The molecule has 0 aliphatic carbocycles. The Hall–Kier alpha value is -2.22. The summed E-state index contributed by atoms with van der Waals surface area (Å²) in [5, 5.41) is 3.09. The highest BCUT2D eigenvalue weighted by Crippen LogP contribution is 2.17. The molecule has 0 saturated heterocycles. The van der Waals surface area contributed by atoms with Crippen molar-refractivity contribution in [1.82, 2.24) is 9.29 Å². The first kappa shape index (κ1) is 20.1. The van der Waals surface area contributed by atoms with Crippen molar-refractivity contribution in [3.8, 4) is 0 Å². The molecule has 1 aromatic heterocycles. The molecule has 1 N–H and O–H groups in total. The predicted molar refractivity (Wildman–Crippen MR) is 103 cm³/mol. The number of rotatable bonds is 7. The van der Waals surface area contributed by atoms with Crippen LogP contribution in [-0.2, 0) is 14.8 Å². The molecule has 2 rings (SSSR count). The van der Waals surface area contributed by atoms with Gasteiger partial charge in [0.1, 0.15) is 5.82 Å². The topological polar surface area (TPSA) is 79.4 Å². The maximum absolute atomic E-state index is 12.4. The lowest BCUT2D eigenvalue weighted by Crippen LogP contribution is -2.30. The van der Waals surface area contributed by atoms with Gasteiger partial charge in [0.15, 0.2) is 0 Å². The van der Waals surface area contributed by atoms with Crippen molar-refractivity contribution in [2.45, 2.75) is 18.7 Å². The molecule has 0 aliphatic heterocycles. The second-order valence-electron chi connectivity index (χ2n) is 5.34. The summed E-state index contributed by atoms with van der Waals surface area (Å²) in [6.45, 7) is 4.43. The fourth-order valence-electron chi connectivity index (χ4n) is 2.25. The van der Waals surface area contributed by atoms with Gasteiger partial charge in [0.2, 0.25) is 15.9 Å². The van der Waals surface area contributed by atoms with Crippen LogP contribution < -0.4 is 5.32 Å². The molecule has 6 nitrogen and oxygen atoms in total. The molecular weight excluding hydrogens is 374 g/mol. The summed E-state index contributed by atoms with van der Waals surface area (Å²) in [5.41, 5.74) is 0.711. The molecule has 8 heteroatoms. The highest BCUT2D eigenvalue weighted by atomic mass is 35.5. The molecule has 26 heavy (non-hydrogen) atoms. The van der Waals surface area contributed by atoms with E-state index >= 15 is 0 Å². The Morgan fingerprint density at radius 1 is 1.15 bits per heavy atom. The molecule has 0 fully saturated rings. The van der Waals surface area contributed by atoms with E-state index in [0.29, 0.717) is 29.5 Å². The molecule has 0 unspecified atom stereocenters. The fourth-order valence-corrected chi connectivity index (χ4v) is 3.82. The van der Waals surface area contributed by atoms with Crippen molar-refractivity contribution in [3.63, 3.8) is 0 Å². The third-order valence-electron chi connectivity index (χ3n) is 3.63. The van der Waals surface area contributed by atoms with Crippen LogP contribution >= 0.6 is 11.6 Å². The molecule has 1 aromatic carbocycles. The number of benzene rings is 1. The Bertz CT molecular complexity index is 875. The number of aromatic nitrogens is 1. The summed E-state index contributed by atoms with van der Waals surface area (Å²) < 4.78 is 26.2. The van der Waals surface area contributed by atoms with E-state index in [1.54, 1.807) is 44.2 Å². The van der Waals surface area contributed by atoms with E-state index in [1.165, 1.54) is 28.7 Å². The van der Waals surface area contributed by atoms with Crippen molar-refractivity contribution >= 4 is 39.4 Å². The van der Waals surface area contributed by atoms with Gasteiger partial charge < -0.3 is 5.32 Å². The maximum Gasteiger partial charge on any atom is 0.249 e. The first-order valence-electron chi connectivity index (χ1n) is 8.07. The lowest BCUT2D eigenvalue weighted by molar-refractivity contribution is -0.111. The summed E-state index contributed by atoms with van der Waals surface area (Å²) in [6.07, 6.45) is 4.39. The monoisotopic (exact) mass is 393 g/mol. The number of carbonyl (C=O) groups is 1. The van der Waals surface area contributed by atoms with E-state index in [2.05, 4.69) is 10.3 Å². The van der Waals surface area contributed by atoms with Crippen LogP contribution in [-0.4, -0.2) is 36.7 Å². The number of sulfonamides is 1. The number of hydrogen-bond donors (Lipinski definition) is 1. The molecule has 138 valence electrons. The van der Waals surface area contributed by atoms with Gasteiger partial charge in [-0.15, -0.1) is 0 Å². The Labute approximate surface area is 158 Å². The highest BCUT2D eigenvalue weighted by Gasteiger charge is 2.20. The van der Waals surface area contributed by atoms with Crippen LogP contribution in [0.1, 0.15) is 19.4 Å². The molecule has 0 atom stereocenters. The van der Waals surface area contributed by atoms with Gasteiger partial charge in [0.25, 0.3) is 0 Å². The normalized spacial score (nSPS) is 11.8. The van der Waals surface area contributed by atoms with Gasteiger partial charge in [-0.2, -0.15) is 4.31 Å². The van der Waals surface area contributed by atoms with Crippen LogP contribution in [0.25, 0.3) is 6.08 Å². The van der Waals surface area contributed by atoms with E-state index in [9.17, 15) is 13.2 Å². The van der Waals surface area contributed by atoms with Crippen LogP contribution in [0.2, 0.25) is 5.02 Å². The Kier molecular flexibility index (Phi) is 6.90. The number of nitrogens with one attached hydrogen (secondary N) is 1. The number of hydrogen-bond acceptors (Lipinski definition) is 4. The number of carbonyl (C=O) groups excluding carboxylic acids is 1. The minimum Gasteiger partial charge on any atom is -0.307 e. The average molecular weight is 394 g/mol. The van der Waals surface area contributed by atoms with Gasteiger partial charge in [-0.05, 0) is 35.9 Å². The zero-order valence-corrected chi connectivity index (χ0v) is 16.1. The predicted octanol–water partition coefficient (Wildman–Crippen LogP) is 3.42. The zero-order valence-electron chi connectivity index (χ0n) is 14.5. The van der Waals surface area contributed by atoms with E-state index in [4.69, 9.17) is 11.6 Å². The average Bonchev–Trinajstić information content (AvgIpc) is 2.63. The first-order chi connectivity index (χ1) is 12.4. The fraction of sp³-hybridized carbons (Fsp3) is 0.222. The summed E-state index contributed by atoms with van der Waals surface area (Å²) in [7, 11) is -3.48. The molecule has 1 amide bonds. The van der Waals surface area contributed by atoms with Gasteiger partial charge in [0.05, 0.1) is 9.92 Å². The van der Waals surface area contributed by atoms with Crippen molar-refractivity contribution in [3.05, 3.63) is 59.3 Å². The molecule has 2 aromatic rings. The lowest BCUT2D eigenvalue weighted by Gasteiger charge is -2.18. The minimum absolute atomic E-state index is 0.230. The second kappa shape index (κ2) is 8.93. The highest BCUT2D eigenvalue weighted by molar-refractivity contribution is 7.89. The zero-order chi connectivity index (χ0) is 19.2. The first-order valence-corrected chi connectivity index (χ1v) is 9.89. The van der Waals surface area contributed by atoms with E-state index in [0.717, 1.165) is 0 Å². The lowest BCUT2D eigenvalue weighted by atomic mass is 10.2. The van der Waals surface area contributed by atoms with Crippen molar-refractivity contribution in [1.29, 1.82) is 0 Å². The molecular formula is C18H20ClN3O3S. The van der Waals surface area contributed by atoms with Crippen LogP contribution in [0.15, 0.2) is 53.6 Å². The number of anilines is 1. The van der Waals surface area contributed by atoms with Crippen LogP contribution in [0.3, 0.4) is 0 Å². The van der Waals surface area contributed by atoms with Crippen LogP contribution in [0, 0.1) is 0 Å². The molecule has 0 spiro atoms. The summed E-state index contributed by atoms with van der Waals surface area (Å²) in [5.74, 6) is 0.0457. The van der Waals surface area contributed by atoms with Gasteiger partial charge in [-0.1, -0.05) is 37.6 Å². The smallest absolute Gasteiger partial charge is 0.249 e. The van der Waals surface area contributed by atoms with Gasteiger partial charge >= 0.3 is 0 Å². The van der Waals surface area contributed by atoms with E-state index < -0.39 is 10.0 Å². The summed E-state index contributed by atoms with van der Waals surface area (Å²) in [4.78, 5) is 16.1. The summed E-state index contributed by atoms with van der Waals surface area (Å²) >= 11 is 5.74. The van der Waals surface area contributed by atoms with Crippen molar-refractivity contribution in [2.24, 2.45) is 0 Å². The largest absolute Gasteiger partial charge is 0.307 e. The molecule has 0 saturated carbocycles.